The van der Waals surface area contributed by atoms with Crippen LogP contribution in [0.4, 0.5) is 4.39 Å². The van der Waals surface area contributed by atoms with Gasteiger partial charge < -0.3 is 9.30 Å². The Morgan fingerprint density at radius 1 is 1.11 bits per heavy atom. The van der Waals surface area contributed by atoms with E-state index < -0.39 is 0 Å². The van der Waals surface area contributed by atoms with Gasteiger partial charge in [-0.15, -0.1) is 0 Å². The molecular weight excluding hydrogens is 351 g/mol. The van der Waals surface area contributed by atoms with E-state index in [2.05, 4.69) is 10.00 Å². The molecule has 3 heterocycles. The molecular formula is C19H21FN4O3. The highest BCUT2D eigenvalue weighted by Gasteiger charge is 2.16. The second kappa shape index (κ2) is 7.13. The van der Waals surface area contributed by atoms with Gasteiger partial charge in [0.1, 0.15) is 5.82 Å². The van der Waals surface area contributed by atoms with E-state index in [0.29, 0.717) is 42.0 Å². The summed E-state index contributed by atoms with van der Waals surface area (Å²) in [6.07, 6.45) is 0. The van der Waals surface area contributed by atoms with Gasteiger partial charge in [-0.2, -0.15) is 0 Å². The SMILES string of the molecule is Cc1c2c(=O)n(-c3ccc(F)cc3)[nH]c2cc(=O)n1CCN1CCOCC1. The molecule has 142 valence electrons. The zero-order chi connectivity index (χ0) is 19.0. The van der Waals surface area contributed by atoms with Gasteiger partial charge >= 0.3 is 0 Å². The maximum Gasteiger partial charge on any atom is 0.280 e. The van der Waals surface area contributed by atoms with Crippen LogP contribution in [0.25, 0.3) is 16.6 Å². The smallest absolute Gasteiger partial charge is 0.280 e. The zero-order valence-corrected chi connectivity index (χ0v) is 15.1. The van der Waals surface area contributed by atoms with Crippen molar-refractivity contribution >= 4 is 10.9 Å². The number of halogens is 1. The van der Waals surface area contributed by atoms with Gasteiger partial charge in [0, 0.05) is 37.9 Å². The number of fused-ring (bicyclic) bond motifs is 1. The maximum absolute atomic E-state index is 13.2. The summed E-state index contributed by atoms with van der Waals surface area (Å²) in [6.45, 7) is 6.12. The number of morpholine rings is 1. The molecule has 0 amide bonds. The van der Waals surface area contributed by atoms with Gasteiger partial charge in [-0.3, -0.25) is 19.6 Å². The number of pyridine rings is 1. The summed E-state index contributed by atoms with van der Waals surface area (Å²) in [4.78, 5) is 27.7. The second-order valence-corrected chi connectivity index (χ2v) is 6.69. The Kier molecular flexibility index (Phi) is 4.67. The molecule has 1 aliphatic heterocycles. The number of H-pyrrole nitrogens is 1. The summed E-state index contributed by atoms with van der Waals surface area (Å²) in [7, 11) is 0. The highest BCUT2D eigenvalue weighted by molar-refractivity contribution is 5.80. The molecule has 1 aromatic carbocycles. The van der Waals surface area contributed by atoms with Crippen LogP contribution < -0.4 is 11.1 Å². The van der Waals surface area contributed by atoms with E-state index in [1.807, 2.05) is 0 Å². The Balaban J connectivity index is 1.72. The van der Waals surface area contributed by atoms with E-state index in [-0.39, 0.29) is 16.9 Å². The monoisotopic (exact) mass is 372 g/mol. The molecule has 0 aliphatic carbocycles. The quantitative estimate of drug-likeness (QED) is 0.749. The predicted molar refractivity (Wildman–Crippen MR) is 100 cm³/mol. The number of ether oxygens (including phenoxy) is 1. The summed E-state index contributed by atoms with van der Waals surface area (Å²) in [5.74, 6) is -0.373. The highest BCUT2D eigenvalue weighted by Crippen LogP contribution is 2.14. The van der Waals surface area contributed by atoms with E-state index in [1.54, 1.807) is 11.5 Å². The van der Waals surface area contributed by atoms with E-state index in [1.165, 1.54) is 35.0 Å². The van der Waals surface area contributed by atoms with Crippen LogP contribution in [0, 0.1) is 12.7 Å². The van der Waals surface area contributed by atoms with Gasteiger partial charge in [0.2, 0.25) is 0 Å². The van der Waals surface area contributed by atoms with Crippen molar-refractivity contribution in [2.75, 3.05) is 32.8 Å². The standard InChI is InChI=1S/C19H21FN4O3/c1-13-18-16(21-24(19(18)26)15-4-2-14(20)3-5-15)12-17(25)23(13)7-6-22-8-10-27-11-9-22/h2-5,12,21H,6-11H2,1H3. The highest BCUT2D eigenvalue weighted by atomic mass is 19.1. The van der Waals surface area contributed by atoms with Crippen molar-refractivity contribution in [3.63, 3.8) is 0 Å². The molecule has 0 bridgehead atoms. The van der Waals surface area contributed by atoms with Crippen molar-refractivity contribution in [3.05, 3.63) is 62.6 Å². The third-order valence-corrected chi connectivity index (χ3v) is 5.05. The summed E-state index contributed by atoms with van der Waals surface area (Å²) in [5.41, 5.74) is 1.22. The first kappa shape index (κ1) is 17.7. The first-order valence-electron chi connectivity index (χ1n) is 8.96. The summed E-state index contributed by atoms with van der Waals surface area (Å²) in [5, 5.41) is 3.43. The lowest BCUT2D eigenvalue weighted by Gasteiger charge is -2.27. The number of aryl methyl sites for hydroxylation is 1. The molecule has 27 heavy (non-hydrogen) atoms. The van der Waals surface area contributed by atoms with Gasteiger partial charge in [-0.05, 0) is 31.2 Å². The van der Waals surface area contributed by atoms with Crippen LogP contribution >= 0.6 is 0 Å². The number of hydrogen-bond acceptors (Lipinski definition) is 4. The number of nitrogens with zero attached hydrogens (tertiary/aromatic N) is 3. The fraction of sp³-hybridized carbons (Fsp3) is 0.368. The van der Waals surface area contributed by atoms with Crippen LogP contribution in [0.15, 0.2) is 39.9 Å². The van der Waals surface area contributed by atoms with Crippen molar-refractivity contribution in [2.45, 2.75) is 13.5 Å². The van der Waals surface area contributed by atoms with E-state index >= 15 is 0 Å². The summed E-state index contributed by atoms with van der Waals surface area (Å²) < 4.78 is 21.5. The van der Waals surface area contributed by atoms with Crippen LogP contribution in [-0.2, 0) is 11.3 Å². The average Bonchev–Trinajstić information content (AvgIpc) is 2.99. The third-order valence-electron chi connectivity index (χ3n) is 5.05. The number of hydrogen-bond donors (Lipinski definition) is 1. The van der Waals surface area contributed by atoms with Crippen LogP contribution in [0.3, 0.4) is 0 Å². The number of nitrogens with one attached hydrogen (secondary N) is 1. The molecule has 3 aromatic rings. The Bertz CT molecular complexity index is 1080. The summed E-state index contributed by atoms with van der Waals surface area (Å²) >= 11 is 0. The Morgan fingerprint density at radius 2 is 1.81 bits per heavy atom. The lowest BCUT2D eigenvalue weighted by atomic mass is 10.2. The molecule has 0 spiro atoms. The van der Waals surface area contributed by atoms with Crippen LogP contribution in [0.1, 0.15) is 5.69 Å². The zero-order valence-electron chi connectivity index (χ0n) is 15.1. The van der Waals surface area contributed by atoms with E-state index in [9.17, 15) is 14.0 Å². The van der Waals surface area contributed by atoms with Gasteiger partial charge in [0.25, 0.3) is 11.1 Å². The predicted octanol–water partition coefficient (Wildman–Crippen LogP) is 1.26. The van der Waals surface area contributed by atoms with Gasteiger partial charge in [0.05, 0.1) is 29.8 Å². The third kappa shape index (κ3) is 3.33. The Hall–Kier alpha value is -2.71. The topological polar surface area (TPSA) is 72.3 Å². The molecule has 7 nitrogen and oxygen atoms in total. The first-order valence-corrected chi connectivity index (χ1v) is 8.96. The molecule has 0 radical (unpaired) electrons. The second-order valence-electron chi connectivity index (χ2n) is 6.69. The molecule has 1 fully saturated rings. The molecule has 1 aliphatic rings. The number of aromatic amines is 1. The van der Waals surface area contributed by atoms with Gasteiger partial charge in [0.15, 0.2) is 0 Å². The maximum atomic E-state index is 13.2. The van der Waals surface area contributed by atoms with Crippen molar-refractivity contribution in [2.24, 2.45) is 0 Å². The van der Waals surface area contributed by atoms with Crippen LogP contribution in [0.2, 0.25) is 0 Å². The molecule has 0 saturated carbocycles. The fourth-order valence-electron chi connectivity index (χ4n) is 3.53. The van der Waals surface area contributed by atoms with Gasteiger partial charge in [-0.25, -0.2) is 9.07 Å². The number of aromatic nitrogens is 3. The van der Waals surface area contributed by atoms with E-state index in [0.717, 1.165) is 19.6 Å². The fourth-order valence-corrected chi connectivity index (χ4v) is 3.53. The van der Waals surface area contributed by atoms with Crippen LogP contribution in [0.5, 0.6) is 0 Å². The van der Waals surface area contributed by atoms with Crippen LogP contribution in [-0.4, -0.2) is 52.1 Å². The largest absolute Gasteiger partial charge is 0.379 e. The molecule has 0 unspecified atom stereocenters. The minimum absolute atomic E-state index is 0.152. The molecule has 1 N–H and O–H groups in total. The van der Waals surface area contributed by atoms with Gasteiger partial charge in [-0.1, -0.05) is 0 Å². The minimum Gasteiger partial charge on any atom is -0.379 e. The van der Waals surface area contributed by atoms with E-state index in [4.69, 9.17) is 4.74 Å². The minimum atomic E-state index is -0.373. The average molecular weight is 372 g/mol. The lowest BCUT2D eigenvalue weighted by Crippen LogP contribution is -2.39. The number of rotatable bonds is 4. The normalized spacial score (nSPS) is 15.5. The van der Waals surface area contributed by atoms with Crippen molar-refractivity contribution in [1.29, 1.82) is 0 Å². The number of benzene rings is 1. The summed E-state index contributed by atoms with van der Waals surface area (Å²) in [6, 6.07) is 7.07. The molecule has 0 atom stereocenters. The van der Waals surface area contributed by atoms with Crippen molar-refractivity contribution < 1.29 is 9.13 Å². The Morgan fingerprint density at radius 3 is 2.52 bits per heavy atom. The molecule has 8 heteroatoms. The van der Waals surface area contributed by atoms with Crippen molar-refractivity contribution in [1.82, 2.24) is 19.2 Å². The molecule has 4 rings (SSSR count). The lowest BCUT2D eigenvalue weighted by molar-refractivity contribution is 0.0362. The van der Waals surface area contributed by atoms with Crippen molar-refractivity contribution in [3.8, 4) is 5.69 Å². The molecule has 1 saturated heterocycles. The molecule has 2 aromatic heterocycles. The Labute approximate surface area is 154 Å². The first-order chi connectivity index (χ1) is 13.0.